The molecule has 80 valence electrons. The summed E-state index contributed by atoms with van der Waals surface area (Å²) in [4.78, 5) is 2.45. The van der Waals surface area contributed by atoms with Crippen LogP contribution in [-0.2, 0) is 6.54 Å². The number of anilines is 1. The van der Waals surface area contributed by atoms with Crippen molar-refractivity contribution in [2.45, 2.75) is 19.9 Å². The predicted octanol–water partition coefficient (Wildman–Crippen LogP) is 2.42. The molecule has 15 heavy (non-hydrogen) atoms. The number of rotatable bonds is 2. The van der Waals surface area contributed by atoms with E-state index in [9.17, 15) is 0 Å². The quantitative estimate of drug-likeness (QED) is 0.589. The molecule has 0 aliphatic carbocycles. The van der Waals surface area contributed by atoms with Crippen LogP contribution in [0.3, 0.4) is 0 Å². The maximum absolute atomic E-state index is 5.76. The molecular formula is C13H18N2. The second kappa shape index (κ2) is 4.49. The van der Waals surface area contributed by atoms with Gasteiger partial charge >= 0.3 is 0 Å². The van der Waals surface area contributed by atoms with Crippen LogP contribution in [0.4, 0.5) is 5.69 Å². The molecule has 0 aromatic heterocycles. The molecule has 1 aliphatic rings. The van der Waals surface area contributed by atoms with Gasteiger partial charge in [-0.25, -0.2) is 0 Å². The van der Waals surface area contributed by atoms with Gasteiger partial charge in [0.2, 0.25) is 0 Å². The van der Waals surface area contributed by atoms with Crippen molar-refractivity contribution in [3.8, 4) is 0 Å². The van der Waals surface area contributed by atoms with Crippen LogP contribution in [0.1, 0.15) is 18.9 Å². The Bertz CT molecular complexity index is 369. The SMILES string of the molecule is CC1=CCN(Cc2cccc(N)c2)CC1. The molecule has 1 heterocycles. The molecular weight excluding hydrogens is 184 g/mol. The van der Waals surface area contributed by atoms with E-state index in [1.165, 1.54) is 17.6 Å². The van der Waals surface area contributed by atoms with Crippen molar-refractivity contribution in [2.24, 2.45) is 0 Å². The zero-order chi connectivity index (χ0) is 10.7. The van der Waals surface area contributed by atoms with Gasteiger partial charge in [-0.1, -0.05) is 23.8 Å². The smallest absolute Gasteiger partial charge is 0.0317 e. The predicted molar refractivity (Wildman–Crippen MR) is 64.5 cm³/mol. The first-order chi connectivity index (χ1) is 7.24. The molecule has 0 fully saturated rings. The molecule has 0 unspecified atom stereocenters. The van der Waals surface area contributed by atoms with Crippen molar-refractivity contribution in [2.75, 3.05) is 18.8 Å². The highest BCUT2D eigenvalue weighted by atomic mass is 15.1. The summed E-state index contributed by atoms with van der Waals surface area (Å²) in [7, 11) is 0. The Balaban J connectivity index is 1.98. The Morgan fingerprint density at radius 2 is 2.27 bits per heavy atom. The molecule has 1 aromatic carbocycles. The third-order valence-corrected chi connectivity index (χ3v) is 2.88. The lowest BCUT2D eigenvalue weighted by Crippen LogP contribution is -2.27. The molecule has 2 rings (SSSR count). The maximum Gasteiger partial charge on any atom is 0.0317 e. The van der Waals surface area contributed by atoms with E-state index in [4.69, 9.17) is 5.73 Å². The van der Waals surface area contributed by atoms with Gasteiger partial charge in [0.25, 0.3) is 0 Å². The second-order valence-corrected chi connectivity index (χ2v) is 4.28. The average Bonchev–Trinajstić information content (AvgIpc) is 2.22. The normalized spacial score (nSPS) is 17.5. The second-order valence-electron chi connectivity index (χ2n) is 4.28. The van der Waals surface area contributed by atoms with Crippen LogP contribution in [0.2, 0.25) is 0 Å². The lowest BCUT2D eigenvalue weighted by molar-refractivity contribution is 0.286. The van der Waals surface area contributed by atoms with Crippen molar-refractivity contribution in [3.05, 3.63) is 41.5 Å². The minimum absolute atomic E-state index is 0.858. The molecule has 1 aliphatic heterocycles. The van der Waals surface area contributed by atoms with Crippen molar-refractivity contribution >= 4 is 5.69 Å². The van der Waals surface area contributed by atoms with Gasteiger partial charge in [0, 0.05) is 25.3 Å². The fourth-order valence-corrected chi connectivity index (χ4v) is 1.91. The molecule has 0 spiro atoms. The molecule has 0 amide bonds. The number of nitrogens with two attached hydrogens (primary N) is 1. The van der Waals surface area contributed by atoms with E-state index in [1.54, 1.807) is 0 Å². The van der Waals surface area contributed by atoms with Gasteiger partial charge in [-0.05, 0) is 31.0 Å². The van der Waals surface area contributed by atoms with Gasteiger partial charge in [-0.2, -0.15) is 0 Å². The van der Waals surface area contributed by atoms with Crippen molar-refractivity contribution in [3.63, 3.8) is 0 Å². The lowest BCUT2D eigenvalue weighted by Gasteiger charge is -2.25. The van der Waals surface area contributed by atoms with Gasteiger partial charge in [-0.3, -0.25) is 4.90 Å². The highest BCUT2D eigenvalue weighted by Crippen LogP contribution is 2.14. The molecule has 1 aromatic rings. The van der Waals surface area contributed by atoms with E-state index in [2.05, 4.69) is 30.0 Å². The molecule has 0 atom stereocenters. The molecule has 0 saturated heterocycles. The van der Waals surface area contributed by atoms with Crippen molar-refractivity contribution < 1.29 is 0 Å². The first kappa shape index (κ1) is 10.2. The number of hydrogen-bond donors (Lipinski definition) is 1. The molecule has 2 heteroatoms. The van der Waals surface area contributed by atoms with Gasteiger partial charge in [0.1, 0.15) is 0 Å². The summed E-state index contributed by atoms with van der Waals surface area (Å²) in [5.41, 5.74) is 9.43. The molecule has 2 N–H and O–H groups in total. The monoisotopic (exact) mass is 202 g/mol. The van der Waals surface area contributed by atoms with Crippen LogP contribution < -0.4 is 5.73 Å². The van der Waals surface area contributed by atoms with E-state index in [1.807, 2.05) is 12.1 Å². The van der Waals surface area contributed by atoms with Gasteiger partial charge < -0.3 is 5.73 Å². The molecule has 0 bridgehead atoms. The largest absolute Gasteiger partial charge is 0.399 e. The van der Waals surface area contributed by atoms with Gasteiger partial charge in [-0.15, -0.1) is 0 Å². The fourth-order valence-electron chi connectivity index (χ4n) is 1.91. The minimum atomic E-state index is 0.858. The Morgan fingerprint density at radius 3 is 2.93 bits per heavy atom. The number of nitrogen functional groups attached to an aromatic ring is 1. The first-order valence-electron chi connectivity index (χ1n) is 5.46. The summed E-state index contributed by atoms with van der Waals surface area (Å²) in [6, 6.07) is 8.16. The van der Waals surface area contributed by atoms with Gasteiger partial charge in [0.05, 0.1) is 0 Å². The summed E-state index contributed by atoms with van der Waals surface area (Å²) in [6.45, 7) is 5.45. The van der Waals surface area contributed by atoms with Crippen LogP contribution in [0.5, 0.6) is 0 Å². The molecule has 2 nitrogen and oxygen atoms in total. The first-order valence-corrected chi connectivity index (χ1v) is 5.46. The number of hydrogen-bond acceptors (Lipinski definition) is 2. The summed E-state index contributed by atoms with van der Waals surface area (Å²) in [6.07, 6.45) is 3.51. The zero-order valence-electron chi connectivity index (χ0n) is 9.24. The molecule has 0 saturated carbocycles. The van der Waals surface area contributed by atoms with E-state index < -0.39 is 0 Å². The van der Waals surface area contributed by atoms with Crippen LogP contribution in [0.25, 0.3) is 0 Å². The summed E-state index contributed by atoms with van der Waals surface area (Å²) in [5, 5.41) is 0. The summed E-state index contributed by atoms with van der Waals surface area (Å²) < 4.78 is 0. The van der Waals surface area contributed by atoms with Crippen molar-refractivity contribution in [1.82, 2.24) is 4.90 Å². The Kier molecular flexibility index (Phi) is 3.07. The number of benzene rings is 1. The highest BCUT2D eigenvalue weighted by Gasteiger charge is 2.09. The zero-order valence-corrected chi connectivity index (χ0v) is 9.24. The Morgan fingerprint density at radius 1 is 1.40 bits per heavy atom. The lowest BCUT2D eigenvalue weighted by atomic mass is 10.1. The third-order valence-electron chi connectivity index (χ3n) is 2.88. The maximum atomic E-state index is 5.76. The van der Waals surface area contributed by atoms with E-state index in [0.717, 1.165) is 25.3 Å². The van der Waals surface area contributed by atoms with Crippen LogP contribution in [-0.4, -0.2) is 18.0 Å². The average molecular weight is 202 g/mol. The Hall–Kier alpha value is -1.28. The van der Waals surface area contributed by atoms with Crippen LogP contribution >= 0.6 is 0 Å². The number of nitrogens with zero attached hydrogens (tertiary/aromatic N) is 1. The fraction of sp³-hybridized carbons (Fsp3) is 0.385. The summed E-state index contributed by atoms with van der Waals surface area (Å²) >= 11 is 0. The van der Waals surface area contributed by atoms with Gasteiger partial charge in [0.15, 0.2) is 0 Å². The van der Waals surface area contributed by atoms with E-state index in [0.29, 0.717) is 0 Å². The third kappa shape index (κ3) is 2.83. The standard InChI is InChI=1S/C13H18N2/c1-11-5-7-15(8-6-11)10-12-3-2-4-13(14)9-12/h2-5,9H,6-8,10,14H2,1H3. The highest BCUT2D eigenvalue weighted by molar-refractivity contribution is 5.40. The summed E-state index contributed by atoms with van der Waals surface area (Å²) in [5.74, 6) is 0. The topological polar surface area (TPSA) is 29.3 Å². The Labute approximate surface area is 91.4 Å². The van der Waals surface area contributed by atoms with E-state index >= 15 is 0 Å². The minimum Gasteiger partial charge on any atom is -0.399 e. The van der Waals surface area contributed by atoms with Crippen LogP contribution in [0.15, 0.2) is 35.9 Å². The van der Waals surface area contributed by atoms with Crippen molar-refractivity contribution in [1.29, 1.82) is 0 Å². The van der Waals surface area contributed by atoms with E-state index in [-0.39, 0.29) is 0 Å². The van der Waals surface area contributed by atoms with Crippen LogP contribution in [0, 0.1) is 0 Å². The molecule has 0 radical (unpaired) electrons.